The summed E-state index contributed by atoms with van der Waals surface area (Å²) in [6.07, 6.45) is 3.91. The number of amides is 3. The first-order valence-corrected chi connectivity index (χ1v) is 8.85. The Morgan fingerprint density at radius 3 is 2.76 bits per heavy atom. The van der Waals surface area contributed by atoms with Crippen molar-refractivity contribution in [3.63, 3.8) is 0 Å². The van der Waals surface area contributed by atoms with E-state index in [1.165, 1.54) is 17.0 Å². The molecule has 2 saturated heterocycles. The van der Waals surface area contributed by atoms with Gasteiger partial charge in [0.1, 0.15) is 5.82 Å². The Morgan fingerprint density at radius 1 is 1.24 bits per heavy atom. The van der Waals surface area contributed by atoms with E-state index in [1.54, 1.807) is 11.0 Å². The number of nitrogens with one attached hydrogen (secondary N) is 1. The van der Waals surface area contributed by atoms with E-state index >= 15 is 0 Å². The summed E-state index contributed by atoms with van der Waals surface area (Å²) < 4.78 is 20.1. The van der Waals surface area contributed by atoms with Crippen molar-refractivity contribution in [3.8, 4) is 0 Å². The number of carbonyl (C=O) groups is 2. The molecule has 1 aromatic carbocycles. The molecule has 25 heavy (non-hydrogen) atoms. The molecule has 1 aromatic rings. The Labute approximate surface area is 145 Å². The molecule has 0 bridgehead atoms. The predicted octanol–water partition coefficient (Wildman–Crippen LogP) is 2.14. The molecule has 0 aromatic heterocycles. The molecule has 1 spiro atoms. The minimum atomic E-state index is -0.548. The molecule has 3 fully saturated rings. The average molecular weight is 347 g/mol. The van der Waals surface area contributed by atoms with Crippen LogP contribution in [0.4, 0.5) is 14.9 Å². The van der Waals surface area contributed by atoms with Crippen molar-refractivity contribution < 1.29 is 18.7 Å². The Hall–Kier alpha value is -2.15. The van der Waals surface area contributed by atoms with E-state index in [2.05, 4.69) is 5.32 Å². The lowest BCUT2D eigenvalue weighted by molar-refractivity contribution is -0.0503. The van der Waals surface area contributed by atoms with Crippen LogP contribution in [0.3, 0.4) is 0 Å². The smallest absolute Gasteiger partial charge is 0.321 e. The van der Waals surface area contributed by atoms with Gasteiger partial charge in [-0.1, -0.05) is 12.8 Å². The monoisotopic (exact) mass is 347 g/mol. The molecule has 1 aliphatic carbocycles. The highest BCUT2D eigenvalue weighted by Crippen LogP contribution is 2.38. The lowest BCUT2D eigenvalue weighted by Crippen LogP contribution is -2.57. The molecular formula is C18H22FN3O3. The third-order valence-corrected chi connectivity index (χ3v) is 5.53. The zero-order valence-electron chi connectivity index (χ0n) is 14.1. The van der Waals surface area contributed by atoms with Gasteiger partial charge in [-0.05, 0) is 31.0 Å². The lowest BCUT2D eigenvalue weighted by Gasteiger charge is -2.44. The maximum absolute atomic E-state index is 14.4. The number of rotatable bonds is 2. The van der Waals surface area contributed by atoms with Crippen LogP contribution in [-0.2, 0) is 4.74 Å². The molecule has 1 N–H and O–H groups in total. The highest BCUT2D eigenvalue weighted by molar-refractivity contribution is 5.99. The van der Waals surface area contributed by atoms with E-state index in [0.29, 0.717) is 38.5 Å². The molecule has 4 rings (SSSR count). The van der Waals surface area contributed by atoms with Gasteiger partial charge in [-0.2, -0.15) is 0 Å². The summed E-state index contributed by atoms with van der Waals surface area (Å²) in [7, 11) is 0. The van der Waals surface area contributed by atoms with E-state index in [1.807, 2.05) is 0 Å². The molecule has 134 valence electrons. The number of carbonyl (C=O) groups excluding carboxylic acids is 2. The van der Waals surface area contributed by atoms with Gasteiger partial charge < -0.3 is 15.0 Å². The van der Waals surface area contributed by atoms with Gasteiger partial charge in [0.25, 0.3) is 5.91 Å². The van der Waals surface area contributed by atoms with Gasteiger partial charge in [-0.15, -0.1) is 0 Å². The Morgan fingerprint density at radius 2 is 2.04 bits per heavy atom. The van der Waals surface area contributed by atoms with Gasteiger partial charge in [-0.3, -0.25) is 9.69 Å². The number of nitrogens with zero attached hydrogens (tertiary/aromatic N) is 2. The normalized spacial score (nSPS) is 22.5. The summed E-state index contributed by atoms with van der Waals surface area (Å²) in [6.45, 7) is 2.54. The molecule has 3 aliphatic rings. The summed E-state index contributed by atoms with van der Waals surface area (Å²) in [5.74, 6) is -0.850. The zero-order valence-corrected chi connectivity index (χ0v) is 14.1. The van der Waals surface area contributed by atoms with Crippen molar-refractivity contribution in [3.05, 3.63) is 29.6 Å². The first kappa shape index (κ1) is 16.3. The first-order valence-electron chi connectivity index (χ1n) is 8.85. The van der Waals surface area contributed by atoms with Crippen molar-refractivity contribution in [1.29, 1.82) is 0 Å². The maximum Gasteiger partial charge on any atom is 0.321 e. The summed E-state index contributed by atoms with van der Waals surface area (Å²) in [6, 6.07) is 4.10. The Bertz CT molecular complexity index is 703. The second-order valence-electron chi connectivity index (χ2n) is 6.99. The molecule has 2 heterocycles. The van der Waals surface area contributed by atoms with Crippen molar-refractivity contribution in [2.24, 2.45) is 0 Å². The lowest BCUT2D eigenvalue weighted by atomic mass is 9.93. The van der Waals surface area contributed by atoms with Gasteiger partial charge in [0, 0.05) is 25.3 Å². The van der Waals surface area contributed by atoms with Crippen LogP contribution >= 0.6 is 0 Å². The van der Waals surface area contributed by atoms with Crippen LogP contribution in [0.1, 0.15) is 36.0 Å². The molecule has 0 radical (unpaired) electrons. The van der Waals surface area contributed by atoms with Crippen LogP contribution in [0, 0.1) is 5.82 Å². The fourth-order valence-electron chi connectivity index (χ4n) is 4.21. The largest absolute Gasteiger partial charge is 0.377 e. The van der Waals surface area contributed by atoms with E-state index in [4.69, 9.17) is 4.74 Å². The van der Waals surface area contributed by atoms with Crippen LogP contribution in [0.2, 0.25) is 0 Å². The fraction of sp³-hybridized carbons (Fsp3) is 0.556. The van der Waals surface area contributed by atoms with E-state index < -0.39 is 5.82 Å². The summed E-state index contributed by atoms with van der Waals surface area (Å²) in [5.41, 5.74) is 0.279. The second-order valence-corrected chi connectivity index (χ2v) is 6.99. The molecule has 0 atom stereocenters. The van der Waals surface area contributed by atoms with Gasteiger partial charge in [-0.25, -0.2) is 9.18 Å². The van der Waals surface area contributed by atoms with Gasteiger partial charge in [0.2, 0.25) is 0 Å². The summed E-state index contributed by atoms with van der Waals surface area (Å²) in [5, 5.41) is 2.72. The third kappa shape index (κ3) is 2.76. The number of halogens is 1. The molecule has 3 amide bonds. The standard InChI is InChI=1S/C18H22FN3O3/c19-15-4-3-13(21-8-7-20-17(21)24)11-14(15)16(23)22-9-10-25-12-18(22)5-1-2-6-18/h3-4,11H,1-2,5-10,12H2,(H,20,24). The van der Waals surface area contributed by atoms with E-state index in [0.717, 1.165) is 25.7 Å². The second kappa shape index (κ2) is 6.29. The number of urea groups is 1. The van der Waals surface area contributed by atoms with Gasteiger partial charge in [0.05, 0.1) is 24.3 Å². The van der Waals surface area contributed by atoms with Crippen molar-refractivity contribution in [1.82, 2.24) is 10.2 Å². The van der Waals surface area contributed by atoms with Crippen LogP contribution < -0.4 is 10.2 Å². The number of anilines is 1. The Balaban J connectivity index is 1.66. The SMILES string of the molecule is O=C1NCCN1c1ccc(F)c(C(=O)N2CCOCC23CCCC3)c1. The average Bonchev–Trinajstić information content (AvgIpc) is 3.25. The third-order valence-electron chi connectivity index (χ3n) is 5.53. The topological polar surface area (TPSA) is 61.9 Å². The van der Waals surface area contributed by atoms with Gasteiger partial charge in [0.15, 0.2) is 0 Å². The summed E-state index contributed by atoms with van der Waals surface area (Å²) in [4.78, 5) is 28.3. The minimum absolute atomic E-state index is 0.0328. The highest BCUT2D eigenvalue weighted by Gasteiger charge is 2.45. The van der Waals surface area contributed by atoms with Crippen LogP contribution in [0.25, 0.3) is 0 Å². The van der Waals surface area contributed by atoms with Crippen molar-refractivity contribution in [2.45, 2.75) is 31.2 Å². The molecular weight excluding hydrogens is 325 g/mol. The quantitative estimate of drug-likeness (QED) is 0.892. The molecule has 2 aliphatic heterocycles. The molecule has 0 unspecified atom stereocenters. The van der Waals surface area contributed by atoms with Crippen molar-refractivity contribution in [2.75, 3.05) is 37.7 Å². The Kier molecular flexibility index (Phi) is 4.11. The number of ether oxygens (including phenoxy) is 1. The predicted molar refractivity (Wildman–Crippen MR) is 90.2 cm³/mol. The fourth-order valence-corrected chi connectivity index (χ4v) is 4.21. The van der Waals surface area contributed by atoms with Crippen LogP contribution in [0.5, 0.6) is 0 Å². The number of hydrogen-bond acceptors (Lipinski definition) is 3. The molecule has 1 saturated carbocycles. The molecule has 7 heteroatoms. The van der Waals surface area contributed by atoms with E-state index in [-0.39, 0.29) is 23.0 Å². The first-order chi connectivity index (χ1) is 12.1. The van der Waals surface area contributed by atoms with Crippen molar-refractivity contribution >= 4 is 17.6 Å². The maximum atomic E-state index is 14.4. The zero-order chi connectivity index (χ0) is 17.4. The summed E-state index contributed by atoms with van der Waals surface area (Å²) >= 11 is 0. The number of morpholine rings is 1. The van der Waals surface area contributed by atoms with Gasteiger partial charge >= 0.3 is 6.03 Å². The van der Waals surface area contributed by atoms with Crippen LogP contribution in [-0.4, -0.2) is 55.2 Å². The van der Waals surface area contributed by atoms with E-state index in [9.17, 15) is 14.0 Å². The molecule has 6 nitrogen and oxygen atoms in total. The van der Waals surface area contributed by atoms with Crippen LogP contribution in [0.15, 0.2) is 18.2 Å². The number of hydrogen-bond donors (Lipinski definition) is 1. The highest BCUT2D eigenvalue weighted by atomic mass is 19.1. The minimum Gasteiger partial charge on any atom is -0.377 e. The number of benzene rings is 1.